The molecule has 0 unspecified atom stereocenters. The minimum atomic E-state index is -0.968. The molecular formula is C22H24N2O4. The maximum absolute atomic E-state index is 12.7. The van der Waals surface area contributed by atoms with E-state index in [-0.39, 0.29) is 23.8 Å². The minimum Gasteiger partial charge on any atom is -0.478 e. The lowest BCUT2D eigenvalue weighted by molar-refractivity contribution is -0.134. The Labute approximate surface area is 164 Å². The van der Waals surface area contributed by atoms with Crippen LogP contribution in [0.15, 0.2) is 48.5 Å². The van der Waals surface area contributed by atoms with Gasteiger partial charge in [-0.2, -0.15) is 0 Å². The van der Waals surface area contributed by atoms with E-state index in [0.29, 0.717) is 32.6 Å². The van der Waals surface area contributed by atoms with Gasteiger partial charge in [-0.3, -0.25) is 9.59 Å². The number of rotatable bonds is 6. The van der Waals surface area contributed by atoms with E-state index in [1.54, 1.807) is 21.9 Å². The first-order valence-electron chi connectivity index (χ1n) is 9.36. The monoisotopic (exact) mass is 380 g/mol. The number of carbonyl (C=O) groups is 3. The van der Waals surface area contributed by atoms with Crippen molar-refractivity contribution in [2.75, 3.05) is 13.1 Å². The molecule has 6 heteroatoms. The zero-order valence-corrected chi connectivity index (χ0v) is 15.9. The summed E-state index contributed by atoms with van der Waals surface area (Å²) in [5.41, 5.74) is 3.23. The molecule has 1 heterocycles. The van der Waals surface area contributed by atoms with E-state index in [0.717, 1.165) is 16.7 Å². The van der Waals surface area contributed by atoms with E-state index in [1.807, 2.05) is 36.4 Å². The van der Waals surface area contributed by atoms with Crippen LogP contribution < -0.4 is 0 Å². The lowest BCUT2D eigenvalue weighted by Gasteiger charge is -2.30. The Hall–Kier alpha value is -3.15. The number of carboxylic acid groups (broad SMARTS) is 1. The molecule has 1 aliphatic heterocycles. The van der Waals surface area contributed by atoms with Gasteiger partial charge >= 0.3 is 5.97 Å². The summed E-state index contributed by atoms with van der Waals surface area (Å²) in [6, 6.07) is 14.8. The molecule has 0 aliphatic carbocycles. The Bertz CT molecular complexity index is 879. The van der Waals surface area contributed by atoms with Crippen molar-refractivity contribution in [1.82, 2.24) is 9.80 Å². The quantitative estimate of drug-likeness (QED) is 0.836. The first-order chi connectivity index (χ1) is 13.4. The fourth-order valence-corrected chi connectivity index (χ4v) is 3.44. The van der Waals surface area contributed by atoms with Crippen molar-refractivity contribution in [3.63, 3.8) is 0 Å². The van der Waals surface area contributed by atoms with E-state index < -0.39 is 5.97 Å². The summed E-state index contributed by atoms with van der Waals surface area (Å²) in [5, 5.41) is 9.16. The normalized spacial score (nSPS) is 13.0. The van der Waals surface area contributed by atoms with Gasteiger partial charge < -0.3 is 14.9 Å². The summed E-state index contributed by atoms with van der Waals surface area (Å²) in [6.45, 7) is 3.37. The van der Waals surface area contributed by atoms with E-state index in [9.17, 15) is 14.4 Å². The number of nitrogens with zero attached hydrogens (tertiary/aromatic N) is 2. The fraction of sp³-hybridized carbons (Fsp3) is 0.318. The van der Waals surface area contributed by atoms with Gasteiger partial charge in [0.2, 0.25) is 11.8 Å². The molecule has 0 aromatic heterocycles. The van der Waals surface area contributed by atoms with Crippen LogP contribution in [-0.4, -0.2) is 45.8 Å². The van der Waals surface area contributed by atoms with Gasteiger partial charge in [0.05, 0.1) is 5.56 Å². The number of carboxylic acids is 1. The Balaban J connectivity index is 1.60. The molecule has 3 rings (SSSR count). The average Bonchev–Trinajstić information content (AvgIpc) is 2.70. The molecule has 0 atom stereocenters. The lowest BCUT2D eigenvalue weighted by atomic mass is 9.97. The third-order valence-corrected chi connectivity index (χ3v) is 5.08. The van der Waals surface area contributed by atoms with Gasteiger partial charge in [0.15, 0.2) is 0 Å². The van der Waals surface area contributed by atoms with Gasteiger partial charge in [-0.15, -0.1) is 0 Å². The SMILES string of the molecule is CC(=O)N(CCC(=O)N1CCc2ccc(C(=O)O)cc2C1)Cc1ccccc1. The highest BCUT2D eigenvalue weighted by Crippen LogP contribution is 2.21. The second-order valence-corrected chi connectivity index (χ2v) is 7.03. The lowest BCUT2D eigenvalue weighted by Crippen LogP contribution is -2.38. The summed E-state index contributed by atoms with van der Waals surface area (Å²) >= 11 is 0. The third kappa shape index (κ3) is 4.76. The Morgan fingerprint density at radius 1 is 1.07 bits per heavy atom. The molecule has 0 spiro atoms. The summed E-state index contributed by atoms with van der Waals surface area (Å²) in [7, 11) is 0. The fourth-order valence-electron chi connectivity index (χ4n) is 3.44. The largest absolute Gasteiger partial charge is 0.478 e. The van der Waals surface area contributed by atoms with Crippen molar-refractivity contribution in [1.29, 1.82) is 0 Å². The smallest absolute Gasteiger partial charge is 0.335 e. The van der Waals surface area contributed by atoms with Crippen LogP contribution >= 0.6 is 0 Å². The van der Waals surface area contributed by atoms with Gasteiger partial charge in [0.1, 0.15) is 0 Å². The van der Waals surface area contributed by atoms with Crippen LogP contribution in [0, 0.1) is 0 Å². The zero-order valence-electron chi connectivity index (χ0n) is 15.9. The molecule has 2 amide bonds. The van der Waals surface area contributed by atoms with E-state index in [4.69, 9.17) is 5.11 Å². The number of carbonyl (C=O) groups excluding carboxylic acids is 2. The van der Waals surface area contributed by atoms with Crippen LogP contribution in [0.4, 0.5) is 0 Å². The molecule has 0 radical (unpaired) electrons. The second kappa shape index (κ2) is 8.69. The molecule has 0 saturated carbocycles. The first-order valence-corrected chi connectivity index (χ1v) is 9.36. The molecule has 146 valence electrons. The van der Waals surface area contributed by atoms with Gasteiger partial charge in [-0.1, -0.05) is 36.4 Å². The van der Waals surface area contributed by atoms with Gasteiger partial charge in [0.25, 0.3) is 0 Å². The molecule has 0 fully saturated rings. The maximum atomic E-state index is 12.7. The van der Waals surface area contributed by atoms with Crippen molar-refractivity contribution in [3.8, 4) is 0 Å². The Kier molecular flexibility index (Phi) is 6.09. The van der Waals surface area contributed by atoms with E-state index >= 15 is 0 Å². The molecule has 2 aromatic carbocycles. The van der Waals surface area contributed by atoms with Crippen molar-refractivity contribution in [2.24, 2.45) is 0 Å². The molecule has 0 bridgehead atoms. The number of amides is 2. The van der Waals surface area contributed by atoms with Gasteiger partial charge in [-0.25, -0.2) is 4.79 Å². The van der Waals surface area contributed by atoms with Crippen LogP contribution in [-0.2, 0) is 29.1 Å². The minimum absolute atomic E-state index is 0.0225. The van der Waals surface area contributed by atoms with Crippen molar-refractivity contribution < 1.29 is 19.5 Å². The van der Waals surface area contributed by atoms with Crippen LogP contribution in [0.5, 0.6) is 0 Å². The van der Waals surface area contributed by atoms with Crippen LogP contribution in [0.25, 0.3) is 0 Å². The maximum Gasteiger partial charge on any atom is 0.335 e. The standard InChI is InChI=1S/C22H24N2O4/c1-16(25)23(14-17-5-3-2-4-6-17)12-10-21(26)24-11-9-18-7-8-19(22(27)28)13-20(18)15-24/h2-8,13H,9-12,14-15H2,1H3,(H,27,28). The van der Waals surface area contributed by atoms with Crippen LogP contribution in [0.2, 0.25) is 0 Å². The number of aromatic carboxylic acids is 1. The predicted octanol–water partition coefficient (Wildman–Crippen LogP) is 2.71. The molecule has 1 aliphatic rings. The zero-order chi connectivity index (χ0) is 20.1. The van der Waals surface area contributed by atoms with Crippen LogP contribution in [0.1, 0.15) is 40.4 Å². The van der Waals surface area contributed by atoms with E-state index in [2.05, 4.69) is 0 Å². The third-order valence-electron chi connectivity index (χ3n) is 5.08. The molecule has 28 heavy (non-hydrogen) atoms. The number of benzene rings is 2. The predicted molar refractivity (Wildman–Crippen MR) is 105 cm³/mol. The van der Waals surface area contributed by atoms with Gasteiger partial charge in [0, 0.05) is 39.5 Å². The number of hydrogen-bond acceptors (Lipinski definition) is 3. The summed E-state index contributed by atoms with van der Waals surface area (Å²) in [6.07, 6.45) is 0.960. The van der Waals surface area contributed by atoms with Crippen molar-refractivity contribution in [3.05, 3.63) is 70.8 Å². The highest BCUT2D eigenvalue weighted by atomic mass is 16.4. The molecule has 0 saturated heterocycles. The van der Waals surface area contributed by atoms with E-state index in [1.165, 1.54) is 6.92 Å². The topological polar surface area (TPSA) is 77.9 Å². The molecular weight excluding hydrogens is 356 g/mol. The molecule has 1 N–H and O–H groups in total. The van der Waals surface area contributed by atoms with Crippen molar-refractivity contribution >= 4 is 17.8 Å². The summed E-state index contributed by atoms with van der Waals surface area (Å²) < 4.78 is 0. The number of fused-ring (bicyclic) bond motifs is 1. The second-order valence-electron chi connectivity index (χ2n) is 7.03. The Morgan fingerprint density at radius 2 is 1.82 bits per heavy atom. The van der Waals surface area contributed by atoms with Crippen molar-refractivity contribution in [2.45, 2.75) is 32.9 Å². The molecule has 2 aromatic rings. The summed E-state index contributed by atoms with van der Waals surface area (Å²) in [4.78, 5) is 39.2. The highest BCUT2D eigenvalue weighted by molar-refractivity contribution is 5.88. The highest BCUT2D eigenvalue weighted by Gasteiger charge is 2.22. The van der Waals surface area contributed by atoms with Crippen LogP contribution in [0.3, 0.4) is 0 Å². The Morgan fingerprint density at radius 3 is 2.50 bits per heavy atom. The summed E-state index contributed by atoms with van der Waals surface area (Å²) in [5.74, 6) is -1.05. The number of hydrogen-bond donors (Lipinski definition) is 1. The average molecular weight is 380 g/mol. The molecule has 6 nitrogen and oxygen atoms in total. The first kappa shape index (κ1) is 19.6. The van der Waals surface area contributed by atoms with Gasteiger partial charge in [-0.05, 0) is 35.2 Å².